The van der Waals surface area contributed by atoms with Crippen molar-refractivity contribution in [1.29, 1.82) is 0 Å². The van der Waals surface area contributed by atoms with Crippen LogP contribution in [0.2, 0.25) is 0 Å². The van der Waals surface area contributed by atoms with Gasteiger partial charge < -0.3 is 5.32 Å². The Kier molecular flexibility index (Phi) is 6.06. The second-order valence-electron chi connectivity index (χ2n) is 2.51. The Hall–Kier alpha value is 0.200. The molecule has 1 N–H and O–H groups in total. The van der Waals surface area contributed by atoms with E-state index >= 15 is 0 Å². The number of nitrogens with one attached hydrogen (secondary N) is 1. The van der Waals surface area contributed by atoms with Crippen LogP contribution in [-0.2, 0) is 4.79 Å². The first-order chi connectivity index (χ1) is 4.66. The molecule has 0 bridgehead atoms. The van der Waals surface area contributed by atoms with Gasteiger partial charge in [-0.05, 0) is 20.3 Å². The van der Waals surface area contributed by atoms with Gasteiger partial charge in [-0.2, -0.15) is 0 Å². The monoisotopic (exact) mass is 255 g/mol. The van der Waals surface area contributed by atoms with Crippen LogP contribution in [0.1, 0.15) is 26.7 Å². The molecule has 0 aliphatic carbocycles. The molecule has 2 nitrogen and oxygen atoms in total. The lowest BCUT2D eigenvalue weighted by Crippen LogP contribution is -2.29. The van der Waals surface area contributed by atoms with Crippen LogP contribution < -0.4 is 5.32 Å². The van der Waals surface area contributed by atoms with Crippen LogP contribution in [0.5, 0.6) is 0 Å². The van der Waals surface area contributed by atoms with Crippen molar-refractivity contribution in [2.45, 2.75) is 32.7 Å². The maximum absolute atomic E-state index is 10.9. The molecule has 3 heteroatoms. The molecular weight excluding hydrogens is 241 g/mol. The Morgan fingerprint density at radius 3 is 2.60 bits per heavy atom. The molecule has 0 spiro atoms. The highest BCUT2D eigenvalue weighted by atomic mass is 127. The molecule has 60 valence electrons. The molecule has 0 saturated carbocycles. The fourth-order valence-corrected chi connectivity index (χ4v) is 1.00. The molecule has 0 unspecified atom stereocenters. The summed E-state index contributed by atoms with van der Waals surface area (Å²) in [7, 11) is 0. The normalized spacial score (nSPS) is 10.0. The van der Waals surface area contributed by atoms with Gasteiger partial charge in [-0.25, -0.2) is 0 Å². The van der Waals surface area contributed by atoms with Crippen LogP contribution in [-0.4, -0.2) is 16.4 Å². The SMILES string of the molecule is CC(C)NC(=O)CCCI. The lowest BCUT2D eigenvalue weighted by molar-refractivity contribution is -0.121. The molecule has 10 heavy (non-hydrogen) atoms. The van der Waals surface area contributed by atoms with Crippen molar-refractivity contribution in [3.05, 3.63) is 0 Å². The summed E-state index contributed by atoms with van der Waals surface area (Å²) < 4.78 is 1.06. The third-order valence-corrected chi connectivity index (χ3v) is 1.75. The van der Waals surface area contributed by atoms with Gasteiger partial charge in [0.05, 0.1) is 0 Å². The van der Waals surface area contributed by atoms with Crippen molar-refractivity contribution >= 4 is 28.5 Å². The number of carbonyl (C=O) groups is 1. The van der Waals surface area contributed by atoms with E-state index in [0.717, 1.165) is 10.8 Å². The van der Waals surface area contributed by atoms with Crippen LogP contribution >= 0.6 is 22.6 Å². The lowest BCUT2D eigenvalue weighted by atomic mass is 10.3. The first-order valence-electron chi connectivity index (χ1n) is 3.52. The van der Waals surface area contributed by atoms with Crippen molar-refractivity contribution in [1.82, 2.24) is 5.32 Å². The molecule has 0 aromatic heterocycles. The van der Waals surface area contributed by atoms with E-state index in [2.05, 4.69) is 27.9 Å². The van der Waals surface area contributed by atoms with Gasteiger partial charge in [-0.3, -0.25) is 4.79 Å². The number of rotatable bonds is 4. The first-order valence-corrected chi connectivity index (χ1v) is 5.04. The zero-order chi connectivity index (χ0) is 7.98. The second-order valence-corrected chi connectivity index (χ2v) is 3.59. The molecule has 0 aliphatic heterocycles. The van der Waals surface area contributed by atoms with E-state index in [1.165, 1.54) is 0 Å². The highest BCUT2D eigenvalue weighted by Gasteiger charge is 2.00. The van der Waals surface area contributed by atoms with Gasteiger partial charge in [0.25, 0.3) is 0 Å². The highest BCUT2D eigenvalue weighted by molar-refractivity contribution is 14.1. The summed E-state index contributed by atoms with van der Waals surface area (Å²) in [6, 6.07) is 0.279. The summed E-state index contributed by atoms with van der Waals surface area (Å²) in [5, 5.41) is 2.84. The van der Waals surface area contributed by atoms with Gasteiger partial charge in [-0.1, -0.05) is 22.6 Å². The number of amides is 1. The number of hydrogen-bond donors (Lipinski definition) is 1. The van der Waals surface area contributed by atoms with Crippen molar-refractivity contribution in [2.75, 3.05) is 4.43 Å². The van der Waals surface area contributed by atoms with E-state index < -0.39 is 0 Å². The first kappa shape index (κ1) is 10.2. The van der Waals surface area contributed by atoms with Crippen molar-refractivity contribution in [3.63, 3.8) is 0 Å². The Labute approximate surface area is 75.9 Å². The van der Waals surface area contributed by atoms with Gasteiger partial charge in [-0.15, -0.1) is 0 Å². The molecule has 0 atom stereocenters. The molecule has 0 aliphatic rings. The van der Waals surface area contributed by atoms with Gasteiger partial charge in [0.15, 0.2) is 0 Å². The standard InChI is InChI=1S/C7H14INO/c1-6(2)9-7(10)4-3-5-8/h6H,3-5H2,1-2H3,(H,9,10). The van der Waals surface area contributed by atoms with Crippen LogP contribution in [0.3, 0.4) is 0 Å². The van der Waals surface area contributed by atoms with E-state index in [1.54, 1.807) is 0 Å². The summed E-state index contributed by atoms with van der Waals surface area (Å²) >= 11 is 2.27. The predicted octanol–water partition coefficient (Wildman–Crippen LogP) is 1.73. The van der Waals surface area contributed by atoms with Crippen LogP contribution in [0.15, 0.2) is 0 Å². The third-order valence-electron chi connectivity index (χ3n) is 0.987. The van der Waals surface area contributed by atoms with E-state index in [9.17, 15) is 4.79 Å². The summed E-state index contributed by atoms with van der Waals surface area (Å²) in [5.74, 6) is 0.173. The summed E-state index contributed by atoms with van der Waals surface area (Å²) in [5.41, 5.74) is 0. The fraction of sp³-hybridized carbons (Fsp3) is 0.857. The minimum Gasteiger partial charge on any atom is -0.354 e. The topological polar surface area (TPSA) is 29.1 Å². The number of alkyl halides is 1. The van der Waals surface area contributed by atoms with Gasteiger partial charge >= 0.3 is 0 Å². The van der Waals surface area contributed by atoms with Crippen LogP contribution in [0.25, 0.3) is 0 Å². The Bertz CT molecular complexity index is 104. The smallest absolute Gasteiger partial charge is 0.220 e. The average Bonchev–Trinajstić information content (AvgIpc) is 1.82. The quantitative estimate of drug-likeness (QED) is 0.601. The minimum absolute atomic E-state index is 0.173. The summed E-state index contributed by atoms with van der Waals surface area (Å²) in [4.78, 5) is 10.9. The molecule has 0 aromatic carbocycles. The lowest BCUT2D eigenvalue weighted by Gasteiger charge is -2.06. The molecule has 1 amide bonds. The maximum Gasteiger partial charge on any atom is 0.220 e. The van der Waals surface area contributed by atoms with E-state index in [4.69, 9.17) is 0 Å². The minimum atomic E-state index is 0.173. The molecule has 0 aromatic rings. The van der Waals surface area contributed by atoms with Crippen LogP contribution in [0, 0.1) is 0 Å². The number of carbonyl (C=O) groups excluding carboxylic acids is 1. The second kappa shape index (κ2) is 5.95. The average molecular weight is 255 g/mol. The zero-order valence-corrected chi connectivity index (χ0v) is 8.64. The zero-order valence-electron chi connectivity index (χ0n) is 6.48. The number of halogens is 1. The molecular formula is C7H14INO. The third kappa shape index (κ3) is 6.32. The van der Waals surface area contributed by atoms with Gasteiger partial charge in [0.1, 0.15) is 0 Å². The highest BCUT2D eigenvalue weighted by Crippen LogP contribution is 1.94. The van der Waals surface area contributed by atoms with Gasteiger partial charge in [0.2, 0.25) is 5.91 Å². The van der Waals surface area contributed by atoms with Crippen molar-refractivity contribution in [3.8, 4) is 0 Å². The van der Waals surface area contributed by atoms with E-state index in [0.29, 0.717) is 6.42 Å². The van der Waals surface area contributed by atoms with Crippen molar-refractivity contribution in [2.24, 2.45) is 0 Å². The largest absolute Gasteiger partial charge is 0.354 e. The van der Waals surface area contributed by atoms with Crippen LogP contribution in [0.4, 0.5) is 0 Å². The molecule has 0 fully saturated rings. The van der Waals surface area contributed by atoms with Gasteiger partial charge in [0, 0.05) is 16.9 Å². The molecule has 0 rings (SSSR count). The van der Waals surface area contributed by atoms with E-state index in [-0.39, 0.29) is 11.9 Å². The van der Waals surface area contributed by atoms with E-state index in [1.807, 2.05) is 13.8 Å². The summed E-state index contributed by atoms with van der Waals surface area (Å²) in [6.07, 6.45) is 1.65. The Morgan fingerprint density at radius 1 is 1.60 bits per heavy atom. The fourth-order valence-electron chi connectivity index (χ4n) is 0.622. The molecule has 0 radical (unpaired) electrons. The summed E-state index contributed by atoms with van der Waals surface area (Å²) in [6.45, 7) is 3.95. The molecule has 0 heterocycles. The Morgan fingerprint density at radius 2 is 2.20 bits per heavy atom. The number of hydrogen-bond acceptors (Lipinski definition) is 1. The van der Waals surface area contributed by atoms with Crippen molar-refractivity contribution < 1.29 is 4.79 Å². The molecule has 0 saturated heterocycles. The predicted molar refractivity (Wildman–Crippen MR) is 51.4 cm³/mol. The Balaban J connectivity index is 3.26. The maximum atomic E-state index is 10.9.